The van der Waals surface area contributed by atoms with Gasteiger partial charge >= 0.3 is 0 Å². The number of aliphatic hydroxyl groups excluding tert-OH is 1. The summed E-state index contributed by atoms with van der Waals surface area (Å²) >= 11 is 0. The number of hydrogen-bond acceptors (Lipinski definition) is 5. The van der Waals surface area contributed by atoms with Crippen molar-refractivity contribution in [2.24, 2.45) is 0 Å². The van der Waals surface area contributed by atoms with Crippen molar-refractivity contribution in [2.45, 2.75) is 19.1 Å². The molecule has 0 aliphatic carbocycles. The zero-order valence-corrected chi connectivity index (χ0v) is 10.9. The molecule has 1 N–H and O–H groups in total. The number of aliphatic hydroxyl groups is 1. The summed E-state index contributed by atoms with van der Waals surface area (Å²) in [5.41, 5.74) is 0.584. The van der Waals surface area contributed by atoms with Crippen molar-refractivity contribution in [3.8, 4) is 0 Å². The Morgan fingerprint density at radius 1 is 1.63 bits per heavy atom. The molecule has 2 rings (SSSR count). The van der Waals surface area contributed by atoms with E-state index in [1.165, 1.54) is 12.1 Å². The number of rotatable bonds is 4. The Hall–Kier alpha value is -1.50. The highest BCUT2D eigenvalue weighted by Crippen LogP contribution is 2.20. The van der Waals surface area contributed by atoms with Crippen LogP contribution >= 0.6 is 0 Å². The average Bonchev–Trinajstić information content (AvgIpc) is 2.39. The van der Waals surface area contributed by atoms with Crippen LogP contribution in [0.4, 0.5) is 5.69 Å². The second-order valence-electron chi connectivity index (χ2n) is 4.81. The van der Waals surface area contributed by atoms with Gasteiger partial charge in [-0.1, -0.05) is 12.1 Å². The summed E-state index contributed by atoms with van der Waals surface area (Å²) in [7, 11) is 0. The predicted octanol–water partition coefficient (Wildman–Crippen LogP) is 1.35. The zero-order chi connectivity index (χ0) is 13.8. The highest BCUT2D eigenvalue weighted by atomic mass is 16.6. The van der Waals surface area contributed by atoms with Crippen molar-refractivity contribution >= 4 is 5.69 Å². The van der Waals surface area contributed by atoms with Gasteiger partial charge < -0.3 is 9.84 Å². The molecule has 1 fully saturated rings. The predicted molar refractivity (Wildman–Crippen MR) is 69.9 cm³/mol. The van der Waals surface area contributed by atoms with E-state index in [1.807, 2.05) is 6.92 Å². The molecule has 1 aliphatic rings. The maximum absolute atomic E-state index is 10.7. The minimum absolute atomic E-state index is 0.00638. The molecule has 2 unspecified atom stereocenters. The Morgan fingerprint density at radius 3 is 3.11 bits per heavy atom. The Labute approximate surface area is 111 Å². The number of nitro groups is 1. The highest BCUT2D eigenvalue weighted by molar-refractivity contribution is 5.35. The second kappa shape index (κ2) is 6.10. The summed E-state index contributed by atoms with van der Waals surface area (Å²) in [6, 6.07) is 6.15. The van der Waals surface area contributed by atoms with Gasteiger partial charge in [-0.3, -0.25) is 15.0 Å². The van der Waals surface area contributed by atoms with Crippen LogP contribution < -0.4 is 0 Å². The van der Waals surface area contributed by atoms with Gasteiger partial charge in [-0.05, 0) is 12.5 Å². The first-order valence-electron chi connectivity index (χ1n) is 6.32. The van der Waals surface area contributed by atoms with Crippen LogP contribution in [0.15, 0.2) is 24.3 Å². The SMILES string of the molecule is CC1CN(CC(O)c2cccc([N+](=O)[O-])c2)CCO1. The van der Waals surface area contributed by atoms with E-state index in [1.54, 1.807) is 12.1 Å². The molecule has 19 heavy (non-hydrogen) atoms. The number of hydrogen-bond donors (Lipinski definition) is 1. The van der Waals surface area contributed by atoms with E-state index in [2.05, 4.69) is 4.90 Å². The minimum Gasteiger partial charge on any atom is -0.387 e. The molecule has 104 valence electrons. The van der Waals surface area contributed by atoms with E-state index in [4.69, 9.17) is 4.74 Å². The summed E-state index contributed by atoms with van der Waals surface area (Å²) in [6.07, 6.45) is -0.559. The highest BCUT2D eigenvalue weighted by Gasteiger charge is 2.20. The normalized spacial score (nSPS) is 22.1. The number of non-ortho nitro benzene ring substituents is 1. The molecule has 0 saturated carbocycles. The molecular weight excluding hydrogens is 248 g/mol. The molecule has 0 radical (unpaired) electrons. The molecule has 1 aliphatic heterocycles. The first-order valence-corrected chi connectivity index (χ1v) is 6.32. The lowest BCUT2D eigenvalue weighted by molar-refractivity contribution is -0.385. The second-order valence-corrected chi connectivity index (χ2v) is 4.81. The summed E-state index contributed by atoms with van der Waals surface area (Å²) < 4.78 is 5.43. The third-order valence-electron chi connectivity index (χ3n) is 3.22. The molecule has 1 aromatic rings. The lowest BCUT2D eigenvalue weighted by Crippen LogP contribution is -2.42. The van der Waals surface area contributed by atoms with Gasteiger partial charge in [-0.2, -0.15) is 0 Å². The van der Waals surface area contributed by atoms with E-state index in [-0.39, 0.29) is 11.8 Å². The first kappa shape index (κ1) is 13.9. The van der Waals surface area contributed by atoms with Gasteiger partial charge in [0.1, 0.15) is 0 Å². The van der Waals surface area contributed by atoms with E-state index in [0.29, 0.717) is 18.7 Å². The monoisotopic (exact) mass is 266 g/mol. The van der Waals surface area contributed by atoms with Gasteiger partial charge in [0.25, 0.3) is 5.69 Å². The molecule has 0 bridgehead atoms. The van der Waals surface area contributed by atoms with E-state index in [0.717, 1.165) is 13.1 Å². The zero-order valence-electron chi connectivity index (χ0n) is 10.9. The number of nitro benzene ring substituents is 1. The lowest BCUT2D eigenvalue weighted by atomic mass is 10.1. The van der Waals surface area contributed by atoms with Crippen molar-refractivity contribution in [3.63, 3.8) is 0 Å². The molecule has 0 aromatic heterocycles. The Bertz CT molecular complexity index is 452. The van der Waals surface area contributed by atoms with Crippen molar-refractivity contribution in [1.82, 2.24) is 4.90 Å². The number of morpholine rings is 1. The van der Waals surface area contributed by atoms with Gasteiger partial charge in [-0.25, -0.2) is 0 Å². The fourth-order valence-electron chi connectivity index (χ4n) is 2.25. The van der Waals surface area contributed by atoms with Gasteiger partial charge in [-0.15, -0.1) is 0 Å². The summed E-state index contributed by atoms with van der Waals surface area (Å²) in [5, 5.41) is 20.9. The maximum Gasteiger partial charge on any atom is 0.269 e. The Kier molecular flexibility index (Phi) is 4.47. The molecular formula is C13H18N2O4. The largest absolute Gasteiger partial charge is 0.387 e. The average molecular weight is 266 g/mol. The van der Waals surface area contributed by atoms with Crippen LogP contribution in [0.3, 0.4) is 0 Å². The van der Waals surface area contributed by atoms with Crippen molar-refractivity contribution in [2.75, 3.05) is 26.2 Å². The summed E-state index contributed by atoms with van der Waals surface area (Å²) in [4.78, 5) is 12.4. The van der Waals surface area contributed by atoms with Crippen LogP contribution in [0, 0.1) is 10.1 Å². The fourth-order valence-corrected chi connectivity index (χ4v) is 2.25. The molecule has 0 spiro atoms. The van der Waals surface area contributed by atoms with E-state index in [9.17, 15) is 15.2 Å². The van der Waals surface area contributed by atoms with Crippen LogP contribution in [0.25, 0.3) is 0 Å². The third kappa shape index (κ3) is 3.73. The van der Waals surface area contributed by atoms with Crippen molar-refractivity contribution in [1.29, 1.82) is 0 Å². The summed E-state index contributed by atoms with van der Waals surface area (Å²) in [6.45, 7) is 4.66. The van der Waals surface area contributed by atoms with E-state index < -0.39 is 11.0 Å². The number of ether oxygens (including phenoxy) is 1. The molecule has 1 heterocycles. The number of β-amino-alcohol motifs (C(OH)–C–C–N with tert-alkyl or cyclic N) is 1. The van der Waals surface area contributed by atoms with Crippen LogP contribution in [0.5, 0.6) is 0 Å². The Balaban J connectivity index is 2.01. The Morgan fingerprint density at radius 2 is 2.42 bits per heavy atom. The van der Waals surface area contributed by atoms with Crippen molar-refractivity contribution < 1.29 is 14.8 Å². The quantitative estimate of drug-likeness (QED) is 0.657. The van der Waals surface area contributed by atoms with Gasteiger partial charge in [0, 0.05) is 31.8 Å². The molecule has 1 saturated heterocycles. The first-order chi connectivity index (χ1) is 9.06. The van der Waals surface area contributed by atoms with Crippen molar-refractivity contribution in [3.05, 3.63) is 39.9 Å². The van der Waals surface area contributed by atoms with Gasteiger partial charge in [0.15, 0.2) is 0 Å². The van der Waals surface area contributed by atoms with Crippen LogP contribution in [0.2, 0.25) is 0 Å². The van der Waals surface area contributed by atoms with Gasteiger partial charge in [0.2, 0.25) is 0 Å². The molecule has 6 heteroatoms. The smallest absolute Gasteiger partial charge is 0.269 e. The summed E-state index contributed by atoms with van der Waals surface area (Å²) in [5.74, 6) is 0. The standard InChI is InChI=1S/C13H18N2O4/c1-10-8-14(5-6-19-10)9-13(16)11-3-2-4-12(7-11)15(17)18/h2-4,7,10,13,16H,5-6,8-9H2,1H3. The molecule has 2 atom stereocenters. The molecule has 0 amide bonds. The maximum atomic E-state index is 10.7. The van der Waals surface area contributed by atoms with Crippen LogP contribution in [-0.4, -0.2) is 47.3 Å². The van der Waals surface area contributed by atoms with E-state index >= 15 is 0 Å². The number of nitrogens with zero attached hydrogens (tertiary/aromatic N) is 2. The molecule has 6 nitrogen and oxygen atoms in total. The number of benzene rings is 1. The van der Waals surface area contributed by atoms with Crippen LogP contribution in [-0.2, 0) is 4.74 Å². The van der Waals surface area contributed by atoms with Gasteiger partial charge in [0.05, 0.1) is 23.7 Å². The molecule has 1 aromatic carbocycles. The lowest BCUT2D eigenvalue weighted by Gasteiger charge is -2.32. The van der Waals surface area contributed by atoms with Crippen LogP contribution in [0.1, 0.15) is 18.6 Å². The third-order valence-corrected chi connectivity index (χ3v) is 3.22. The fraction of sp³-hybridized carbons (Fsp3) is 0.538. The minimum atomic E-state index is -0.717. The topological polar surface area (TPSA) is 75.8 Å².